The monoisotopic (exact) mass is 313 g/mol. The van der Waals surface area contributed by atoms with Gasteiger partial charge in [0.25, 0.3) is 0 Å². The molecule has 0 fully saturated rings. The Bertz CT molecular complexity index is 865. The van der Waals surface area contributed by atoms with E-state index < -0.39 is 5.63 Å². The van der Waals surface area contributed by atoms with Crippen LogP contribution in [0.1, 0.15) is 36.8 Å². The Hall–Kier alpha value is -2.53. The quantitative estimate of drug-likeness (QED) is 0.705. The van der Waals surface area contributed by atoms with Gasteiger partial charge >= 0.3 is 5.63 Å². The number of nitrogens with one attached hydrogen (secondary N) is 1. The maximum absolute atomic E-state index is 11.7. The molecule has 120 valence electrons. The first kappa shape index (κ1) is 15.4. The van der Waals surface area contributed by atoms with Gasteiger partial charge in [-0.1, -0.05) is 6.92 Å². The van der Waals surface area contributed by atoms with Gasteiger partial charge in [-0.3, -0.25) is 0 Å². The summed E-state index contributed by atoms with van der Waals surface area (Å²) >= 11 is 0. The Labute approximate surface area is 133 Å². The molecule has 23 heavy (non-hydrogen) atoms. The lowest BCUT2D eigenvalue weighted by atomic mass is 10.0. The molecule has 0 saturated carbocycles. The average Bonchev–Trinajstić information content (AvgIpc) is 3.06. The van der Waals surface area contributed by atoms with Crippen molar-refractivity contribution in [3.05, 3.63) is 63.9 Å². The molecule has 0 radical (unpaired) electrons. The highest BCUT2D eigenvalue weighted by molar-refractivity contribution is 5.82. The Morgan fingerprint density at radius 3 is 2.78 bits per heavy atom. The van der Waals surface area contributed by atoms with Gasteiger partial charge in [-0.15, -0.1) is 0 Å². The van der Waals surface area contributed by atoms with E-state index >= 15 is 0 Å². The Morgan fingerprint density at radius 1 is 1.26 bits per heavy atom. The highest BCUT2D eigenvalue weighted by Gasteiger charge is 2.12. The van der Waals surface area contributed by atoms with E-state index in [2.05, 4.69) is 5.32 Å². The third-order valence-electron chi connectivity index (χ3n) is 3.98. The van der Waals surface area contributed by atoms with Gasteiger partial charge in [0.15, 0.2) is 0 Å². The summed E-state index contributed by atoms with van der Waals surface area (Å²) < 4.78 is 10.6. The highest BCUT2D eigenvalue weighted by Crippen LogP contribution is 2.27. The molecule has 5 nitrogen and oxygen atoms in total. The molecule has 0 amide bonds. The molecule has 0 aliphatic heterocycles. The molecule has 2 N–H and O–H groups in total. The van der Waals surface area contributed by atoms with Crippen LogP contribution in [0.15, 0.2) is 50.2 Å². The van der Waals surface area contributed by atoms with E-state index in [9.17, 15) is 9.90 Å². The van der Waals surface area contributed by atoms with Crippen LogP contribution < -0.4 is 10.9 Å². The van der Waals surface area contributed by atoms with Crippen molar-refractivity contribution >= 4 is 11.0 Å². The van der Waals surface area contributed by atoms with Crippen LogP contribution in [0.3, 0.4) is 0 Å². The van der Waals surface area contributed by atoms with Gasteiger partial charge in [0.1, 0.15) is 17.1 Å². The summed E-state index contributed by atoms with van der Waals surface area (Å²) in [5.74, 6) is 0.987. The van der Waals surface area contributed by atoms with E-state index in [1.165, 1.54) is 12.1 Å². The summed E-state index contributed by atoms with van der Waals surface area (Å²) in [7, 11) is 0. The maximum atomic E-state index is 11.7. The first-order valence-electron chi connectivity index (χ1n) is 7.64. The average molecular weight is 313 g/mol. The van der Waals surface area contributed by atoms with Crippen molar-refractivity contribution in [2.45, 2.75) is 32.9 Å². The minimum absolute atomic E-state index is 0.0232. The van der Waals surface area contributed by atoms with E-state index in [-0.39, 0.29) is 11.8 Å². The molecule has 5 heteroatoms. The summed E-state index contributed by atoms with van der Waals surface area (Å²) in [6.07, 6.45) is 2.34. The maximum Gasteiger partial charge on any atom is 0.336 e. The summed E-state index contributed by atoms with van der Waals surface area (Å²) in [4.78, 5) is 11.7. The highest BCUT2D eigenvalue weighted by atomic mass is 16.4. The lowest BCUT2D eigenvalue weighted by Crippen LogP contribution is -2.18. The fourth-order valence-electron chi connectivity index (χ4n) is 2.64. The molecule has 0 bridgehead atoms. The molecule has 0 aliphatic rings. The molecule has 2 heterocycles. The van der Waals surface area contributed by atoms with Crippen LogP contribution >= 0.6 is 0 Å². The SMILES string of the molecule is CCc1cc2c(CN[C@@H](C)c3ccco3)cc(=O)oc2cc1O. The first-order valence-corrected chi connectivity index (χ1v) is 7.64. The molecule has 1 aromatic carbocycles. The molecule has 1 atom stereocenters. The summed E-state index contributed by atoms with van der Waals surface area (Å²) in [6, 6.07) is 8.64. The summed E-state index contributed by atoms with van der Waals surface area (Å²) in [5.41, 5.74) is 1.63. The van der Waals surface area contributed by atoms with Crippen LogP contribution in [-0.2, 0) is 13.0 Å². The topological polar surface area (TPSA) is 75.6 Å². The molecule has 2 aromatic heterocycles. The van der Waals surface area contributed by atoms with Gasteiger partial charge < -0.3 is 19.3 Å². The Balaban J connectivity index is 1.94. The number of hydrogen-bond acceptors (Lipinski definition) is 5. The zero-order valence-electron chi connectivity index (χ0n) is 13.1. The third kappa shape index (κ3) is 3.14. The van der Waals surface area contributed by atoms with Gasteiger partial charge in [0.05, 0.1) is 12.3 Å². The molecule has 0 saturated heterocycles. The summed E-state index contributed by atoms with van der Waals surface area (Å²) in [6.45, 7) is 4.46. The van der Waals surface area contributed by atoms with Gasteiger partial charge in [-0.05, 0) is 42.7 Å². The fraction of sp³-hybridized carbons (Fsp3) is 0.278. The predicted molar refractivity (Wildman–Crippen MR) is 87.5 cm³/mol. The second-order valence-corrected chi connectivity index (χ2v) is 5.54. The molecular weight excluding hydrogens is 294 g/mol. The van der Waals surface area contributed by atoms with Gasteiger partial charge in [0, 0.05) is 24.1 Å². The lowest BCUT2D eigenvalue weighted by Gasteiger charge is -2.13. The minimum Gasteiger partial charge on any atom is -0.508 e. The second kappa shape index (κ2) is 6.30. The lowest BCUT2D eigenvalue weighted by molar-refractivity contribution is 0.430. The summed E-state index contributed by atoms with van der Waals surface area (Å²) in [5, 5.41) is 14.1. The van der Waals surface area contributed by atoms with Crippen molar-refractivity contribution in [2.24, 2.45) is 0 Å². The van der Waals surface area contributed by atoms with Crippen LogP contribution in [0.4, 0.5) is 0 Å². The largest absolute Gasteiger partial charge is 0.508 e. The smallest absolute Gasteiger partial charge is 0.336 e. The van der Waals surface area contributed by atoms with Crippen molar-refractivity contribution in [1.82, 2.24) is 5.32 Å². The third-order valence-corrected chi connectivity index (χ3v) is 3.98. The number of aromatic hydroxyl groups is 1. The van der Waals surface area contributed by atoms with Gasteiger partial charge in [0.2, 0.25) is 0 Å². The van der Waals surface area contributed by atoms with Crippen LogP contribution in [0.5, 0.6) is 5.75 Å². The van der Waals surface area contributed by atoms with Gasteiger partial charge in [-0.2, -0.15) is 0 Å². The van der Waals surface area contributed by atoms with Crippen LogP contribution in [0.25, 0.3) is 11.0 Å². The Kier molecular flexibility index (Phi) is 4.21. The van der Waals surface area contributed by atoms with Crippen LogP contribution in [0, 0.1) is 0 Å². The fourth-order valence-corrected chi connectivity index (χ4v) is 2.64. The zero-order valence-corrected chi connectivity index (χ0v) is 13.1. The normalized spacial score (nSPS) is 12.6. The first-order chi connectivity index (χ1) is 11.1. The van der Waals surface area contributed by atoms with Crippen molar-refractivity contribution in [2.75, 3.05) is 0 Å². The minimum atomic E-state index is -0.427. The molecule has 0 spiro atoms. The zero-order chi connectivity index (χ0) is 16.4. The van der Waals surface area contributed by atoms with E-state index in [1.807, 2.05) is 32.0 Å². The number of furan rings is 1. The van der Waals surface area contributed by atoms with Crippen molar-refractivity contribution in [3.8, 4) is 5.75 Å². The van der Waals surface area contributed by atoms with E-state index in [0.29, 0.717) is 18.5 Å². The van der Waals surface area contributed by atoms with Crippen LogP contribution in [0.2, 0.25) is 0 Å². The molecule has 3 aromatic rings. The number of phenolic OH excluding ortho intramolecular Hbond substituents is 1. The molecule has 0 unspecified atom stereocenters. The second-order valence-electron chi connectivity index (χ2n) is 5.54. The number of rotatable bonds is 5. The molecular formula is C18H19NO4. The molecule has 3 rings (SSSR count). The van der Waals surface area contributed by atoms with Crippen molar-refractivity contribution in [3.63, 3.8) is 0 Å². The van der Waals surface area contributed by atoms with E-state index in [0.717, 1.165) is 22.3 Å². The van der Waals surface area contributed by atoms with Gasteiger partial charge in [-0.25, -0.2) is 4.79 Å². The Morgan fingerprint density at radius 2 is 2.09 bits per heavy atom. The number of phenols is 1. The number of benzene rings is 1. The van der Waals surface area contributed by atoms with Crippen molar-refractivity contribution < 1.29 is 13.9 Å². The van der Waals surface area contributed by atoms with E-state index in [1.54, 1.807) is 6.26 Å². The number of fused-ring (bicyclic) bond motifs is 1. The van der Waals surface area contributed by atoms with E-state index in [4.69, 9.17) is 8.83 Å². The standard InChI is InChI=1S/C18H19NO4/c1-3-12-7-14-13(8-18(21)23-17(14)9-15(12)20)10-19-11(2)16-5-4-6-22-16/h4-9,11,19-20H,3,10H2,1-2H3/t11-/m0/s1. The van der Waals surface area contributed by atoms with Crippen LogP contribution in [-0.4, -0.2) is 5.11 Å². The number of aryl methyl sites for hydroxylation is 1. The molecule has 0 aliphatic carbocycles. The number of hydrogen-bond donors (Lipinski definition) is 2. The predicted octanol–water partition coefficient (Wildman–Crippen LogP) is 3.50. The van der Waals surface area contributed by atoms with Crippen molar-refractivity contribution in [1.29, 1.82) is 0 Å².